The summed E-state index contributed by atoms with van der Waals surface area (Å²) in [6.07, 6.45) is -7.34. The lowest BCUT2D eigenvalue weighted by Crippen LogP contribution is -2.49. The number of rotatable bonds is 6. The Hall–Kier alpha value is -0.820. The molecule has 0 amide bonds. The molecule has 4 N–H and O–H groups in total. The summed E-state index contributed by atoms with van der Waals surface area (Å²) in [7, 11) is 0. The van der Waals surface area contributed by atoms with Gasteiger partial charge in [-0.2, -0.15) is 0 Å². The van der Waals surface area contributed by atoms with Crippen LogP contribution in [0.3, 0.4) is 0 Å². The molecule has 6 heteroatoms. The summed E-state index contributed by atoms with van der Waals surface area (Å²) < 4.78 is 0. The van der Waals surface area contributed by atoms with Gasteiger partial charge in [0.05, 0.1) is 0 Å². The van der Waals surface area contributed by atoms with Crippen molar-refractivity contribution >= 4 is 11.6 Å². The van der Waals surface area contributed by atoms with Gasteiger partial charge in [-0.15, -0.1) is 0 Å². The normalized spacial score (nSPS) is 19.1. The van der Waals surface area contributed by atoms with Gasteiger partial charge in [0.2, 0.25) is 0 Å². The van der Waals surface area contributed by atoms with Crippen molar-refractivity contribution < 1.29 is 30.0 Å². The van der Waals surface area contributed by atoms with Crippen LogP contribution in [0.1, 0.15) is 20.3 Å². The highest BCUT2D eigenvalue weighted by molar-refractivity contribution is 5.84. The predicted octanol–water partition coefficient (Wildman–Crippen LogP) is -2.00. The second-order valence-corrected chi connectivity index (χ2v) is 3.30. The van der Waals surface area contributed by atoms with Gasteiger partial charge in [-0.05, 0) is 6.92 Å². The first-order valence-electron chi connectivity index (χ1n) is 4.58. The molecule has 0 aromatic rings. The van der Waals surface area contributed by atoms with Gasteiger partial charge < -0.3 is 20.4 Å². The Bertz CT molecular complexity index is 239. The van der Waals surface area contributed by atoms with Gasteiger partial charge in [0.15, 0.2) is 11.6 Å². The predicted molar refractivity (Wildman–Crippen MR) is 50.0 cm³/mol. The molecule has 15 heavy (non-hydrogen) atoms. The van der Waals surface area contributed by atoms with E-state index in [1.807, 2.05) is 0 Å². The average Bonchev–Trinajstić information content (AvgIpc) is 2.23. The molecule has 0 aromatic carbocycles. The molecule has 0 aliphatic rings. The molecule has 0 aromatic heterocycles. The third kappa shape index (κ3) is 3.67. The second-order valence-electron chi connectivity index (χ2n) is 3.30. The van der Waals surface area contributed by atoms with Gasteiger partial charge in [0.25, 0.3) is 0 Å². The Balaban J connectivity index is 4.49. The molecule has 0 aliphatic heterocycles. The van der Waals surface area contributed by atoms with Gasteiger partial charge in [0, 0.05) is 6.42 Å². The van der Waals surface area contributed by atoms with Gasteiger partial charge in [-0.3, -0.25) is 9.59 Å². The number of hydrogen-bond donors (Lipinski definition) is 4. The summed E-state index contributed by atoms with van der Waals surface area (Å²) >= 11 is 0. The van der Waals surface area contributed by atoms with Crippen LogP contribution >= 0.6 is 0 Å². The minimum Gasteiger partial charge on any atom is -0.387 e. The molecule has 0 saturated heterocycles. The van der Waals surface area contributed by atoms with Crippen LogP contribution in [0.15, 0.2) is 0 Å². The van der Waals surface area contributed by atoms with E-state index in [0.29, 0.717) is 0 Å². The first kappa shape index (κ1) is 14.2. The topological polar surface area (TPSA) is 115 Å². The molecule has 6 nitrogen and oxygen atoms in total. The van der Waals surface area contributed by atoms with Gasteiger partial charge in [-0.25, -0.2) is 0 Å². The number of aliphatic hydroxyl groups is 4. The van der Waals surface area contributed by atoms with Crippen LogP contribution in [0.5, 0.6) is 0 Å². The van der Waals surface area contributed by atoms with E-state index < -0.39 is 36.0 Å². The summed E-state index contributed by atoms with van der Waals surface area (Å²) in [4.78, 5) is 21.6. The van der Waals surface area contributed by atoms with E-state index >= 15 is 0 Å². The van der Waals surface area contributed by atoms with Crippen molar-refractivity contribution in [1.82, 2.24) is 0 Å². The molecule has 4 atom stereocenters. The summed E-state index contributed by atoms with van der Waals surface area (Å²) in [5, 5.41) is 36.8. The third-order valence-electron chi connectivity index (χ3n) is 2.09. The number of Topliss-reactive ketones (excluding diaryl/α,β-unsaturated/α-hetero) is 2. The molecule has 0 unspecified atom stereocenters. The number of carbonyl (C=O) groups is 2. The molecule has 0 fully saturated rings. The smallest absolute Gasteiger partial charge is 0.163 e. The third-order valence-corrected chi connectivity index (χ3v) is 2.09. The summed E-state index contributed by atoms with van der Waals surface area (Å²) in [6, 6.07) is 0. The van der Waals surface area contributed by atoms with Crippen molar-refractivity contribution in [2.75, 3.05) is 0 Å². The van der Waals surface area contributed by atoms with Crippen molar-refractivity contribution in [3.63, 3.8) is 0 Å². The van der Waals surface area contributed by atoms with E-state index in [0.717, 1.165) is 6.92 Å². The van der Waals surface area contributed by atoms with E-state index in [2.05, 4.69) is 0 Å². The number of carbonyl (C=O) groups excluding carboxylic acids is 2. The lowest BCUT2D eigenvalue weighted by molar-refractivity contribution is -0.152. The van der Waals surface area contributed by atoms with E-state index in [1.54, 1.807) is 0 Å². The maximum Gasteiger partial charge on any atom is 0.163 e. The molecular formula is C9H16O6. The standard InChI is InChI=1S/C9H16O6/c1-3-5(11)7(13)9(15)8(14)6(12)4(2)10/h6-9,12-15H,3H2,1-2H3/t6-,7+,8-,9-/m1/s1. The summed E-state index contributed by atoms with van der Waals surface area (Å²) in [6.45, 7) is 2.50. The molecule has 0 saturated carbocycles. The van der Waals surface area contributed by atoms with Crippen molar-refractivity contribution in [1.29, 1.82) is 0 Å². The summed E-state index contributed by atoms with van der Waals surface area (Å²) in [5.74, 6) is -1.42. The van der Waals surface area contributed by atoms with E-state index in [1.165, 1.54) is 6.92 Å². The van der Waals surface area contributed by atoms with E-state index in [-0.39, 0.29) is 6.42 Å². The Labute approximate surface area is 87.2 Å². The quantitative estimate of drug-likeness (QED) is 0.411. The SMILES string of the molecule is CCC(=O)[C@H](O)[C@@H](O)[C@H](O)[C@H](O)C(C)=O. The van der Waals surface area contributed by atoms with Crippen LogP contribution in [0.2, 0.25) is 0 Å². The number of aliphatic hydroxyl groups excluding tert-OH is 4. The van der Waals surface area contributed by atoms with E-state index in [4.69, 9.17) is 5.11 Å². The molecule has 0 aliphatic carbocycles. The Kier molecular flexibility index (Phi) is 5.59. The van der Waals surface area contributed by atoms with Crippen molar-refractivity contribution in [2.24, 2.45) is 0 Å². The fourth-order valence-corrected chi connectivity index (χ4v) is 1.01. The first-order valence-corrected chi connectivity index (χ1v) is 4.58. The fraction of sp³-hybridized carbons (Fsp3) is 0.778. The molecule has 0 spiro atoms. The molecule has 0 rings (SSSR count). The number of hydrogen-bond acceptors (Lipinski definition) is 6. The van der Waals surface area contributed by atoms with Crippen LogP contribution in [0.25, 0.3) is 0 Å². The highest BCUT2D eigenvalue weighted by Crippen LogP contribution is 2.08. The van der Waals surface area contributed by atoms with Crippen LogP contribution in [-0.4, -0.2) is 56.4 Å². The molecule has 0 bridgehead atoms. The minimum atomic E-state index is -1.87. The van der Waals surface area contributed by atoms with Gasteiger partial charge >= 0.3 is 0 Å². The minimum absolute atomic E-state index is 0.0128. The summed E-state index contributed by atoms with van der Waals surface area (Å²) in [5.41, 5.74) is 0. The molecule has 88 valence electrons. The Morgan fingerprint density at radius 3 is 1.73 bits per heavy atom. The van der Waals surface area contributed by atoms with Crippen molar-refractivity contribution in [3.05, 3.63) is 0 Å². The number of ketones is 2. The Morgan fingerprint density at radius 2 is 1.40 bits per heavy atom. The molecule has 0 radical (unpaired) electrons. The lowest BCUT2D eigenvalue weighted by Gasteiger charge is -2.24. The largest absolute Gasteiger partial charge is 0.387 e. The van der Waals surface area contributed by atoms with Crippen molar-refractivity contribution in [3.8, 4) is 0 Å². The molecular weight excluding hydrogens is 204 g/mol. The highest BCUT2D eigenvalue weighted by Gasteiger charge is 2.35. The van der Waals surface area contributed by atoms with Crippen LogP contribution in [0.4, 0.5) is 0 Å². The van der Waals surface area contributed by atoms with Crippen molar-refractivity contribution in [2.45, 2.75) is 44.7 Å². The van der Waals surface area contributed by atoms with Gasteiger partial charge in [-0.1, -0.05) is 6.92 Å². The van der Waals surface area contributed by atoms with E-state index in [9.17, 15) is 24.9 Å². The zero-order chi connectivity index (χ0) is 12.2. The van der Waals surface area contributed by atoms with Crippen LogP contribution in [0, 0.1) is 0 Å². The zero-order valence-electron chi connectivity index (χ0n) is 8.62. The second kappa shape index (κ2) is 5.92. The monoisotopic (exact) mass is 220 g/mol. The van der Waals surface area contributed by atoms with Gasteiger partial charge in [0.1, 0.15) is 24.4 Å². The zero-order valence-corrected chi connectivity index (χ0v) is 8.62. The maximum atomic E-state index is 11.0. The fourth-order valence-electron chi connectivity index (χ4n) is 1.01. The van der Waals surface area contributed by atoms with Crippen LogP contribution < -0.4 is 0 Å². The molecule has 0 heterocycles. The first-order chi connectivity index (χ1) is 6.82. The Morgan fingerprint density at radius 1 is 1.00 bits per heavy atom. The lowest BCUT2D eigenvalue weighted by atomic mass is 9.97. The van der Waals surface area contributed by atoms with Crippen LogP contribution in [-0.2, 0) is 9.59 Å². The average molecular weight is 220 g/mol. The highest BCUT2D eigenvalue weighted by atomic mass is 16.4. The maximum absolute atomic E-state index is 11.0.